The lowest BCUT2D eigenvalue weighted by molar-refractivity contribution is -0.119. The molecular weight excluding hydrogens is 202 g/mol. The first-order valence-electron chi connectivity index (χ1n) is 5.55. The Balaban J connectivity index is 2.26. The summed E-state index contributed by atoms with van der Waals surface area (Å²) in [5.74, 6) is 0.0373. The van der Waals surface area contributed by atoms with Crippen LogP contribution < -0.4 is 16.0 Å². The van der Waals surface area contributed by atoms with Gasteiger partial charge in [-0.15, -0.1) is 0 Å². The number of amides is 1. The zero-order chi connectivity index (χ0) is 11.5. The van der Waals surface area contributed by atoms with Crippen molar-refractivity contribution in [3.8, 4) is 0 Å². The Bertz CT molecular complexity index is 403. The fourth-order valence-corrected chi connectivity index (χ4v) is 2.14. The lowest BCUT2D eigenvalue weighted by atomic mass is 10.00. The highest BCUT2D eigenvalue weighted by atomic mass is 16.1. The van der Waals surface area contributed by atoms with Crippen molar-refractivity contribution in [3.63, 3.8) is 0 Å². The predicted molar refractivity (Wildman–Crippen MR) is 65.5 cm³/mol. The first kappa shape index (κ1) is 10.8. The number of nitrogens with one attached hydrogen (secondary N) is 1. The smallest absolute Gasteiger partial charge is 0.239 e. The van der Waals surface area contributed by atoms with Gasteiger partial charge in [-0.25, -0.2) is 0 Å². The Morgan fingerprint density at radius 3 is 3.12 bits per heavy atom. The van der Waals surface area contributed by atoms with Crippen LogP contribution in [0.1, 0.15) is 12.0 Å². The maximum atomic E-state index is 11.4. The Kier molecular flexibility index (Phi) is 2.99. The second-order valence-corrected chi connectivity index (χ2v) is 4.04. The number of anilines is 2. The van der Waals surface area contributed by atoms with E-state index in [-0.39, 0.29) is 5.91 Å². The van der Waals surface area contributed by atoms with E-state index in [1.807, 2.05) is 18.2 Å². The van der Waals surface area contributed by atoms with Crippen LogP contribution in [-0.2, 0) is 11.2 Å². The number of hydrogen-bond donors (Lipinski definition) is 2. The quantitative estimate of drug-likeness (QED) is 0.722. The summed E-state index contributed by atoms with van der Waals surface area (Å²) >= 11 is 0. The molecule has 0 spiro atoms. The molecule has 1 heterocycles. The first-order valence-corrected chi connectivity index (χ1v) is 5.55. The number of fused-ring (bicyclic) bond motifs is 1. The Morgan fingerprint density at radius 2 is 2.38 bits per heavy atom. The zero-order valence-electron chi connectivity index (χ0n) is 9.49. The fourth-order valence-electron chi connectivity index (χ4n) is 2.14. The van der Waals surface area contributed by atoms with E-state index < -0.39 is 0 Å². The summed E-state index contributed by atoms with van der Waals surface area (Å²) in [7, 11) is 1.66. The van der Waals surface area contributed by atoms with Crippen LogP contribution in [0.4, 0.5) is 11.4 Å². The molecular formula is C12H17N3O. The van der Waals surface area contributed by atoms with Crippen LogP contribution in [0.3, 0.4) is 0 Å². The molecule has 0 saturated carbocycles. The number of rotatable bonds is 2. The maximum Gasteiger partial charge on any atom is 0.239 e. The number of carbonyl (C=O) groups is 1. The molecule has 0 aliphatic carbocycles. The lowest BCUT2D eigenvalue weighted by Gasteiger charge is -2.31. The Labute approximate surface area is 95.4 Å². The molecule has 3 N–H and O–H groups in total. The van der Waals surface area contributed by atoms with Crippen LogP contribution >= 0.6 is 0 Å². The fraction of sp³-hybridized carbons (Fsp3) is 0.417. The summed E-state index contributed by atoms with van der Waals surface area (Å²) in [6, 6.07) is 5.90. The largest absolute Gasteiger partial charge is 0.398 e. The molecule has 2 rings (SSSR count). The SMILES string of the molecule is CNC(=O)CN1CCCc2c(N)cccc21. The molecule has 86 valence electrons. The molecule has 0 unspecified atom stereocenters. The van der Waals surface area contributed by atoms with Crippen LogP contribution in [0.2, 0.25) is 0 Å². The Morgan fingerprint density at radius 1 is 1.56 bits per heavy atom. The van der Waals surface area contributed by atoms with Gasteiger partial charge in [-0.2, -0.15) is 0 Å². The summed E-state index contributed by atoms with van der Waals surface area (Å²) in [6.45, 7) is 1.33. The number of nitrogens with zero attached hydrogens (tertiary/aromatic N) is 1. The van der Waals surface area contributed by atoms with E-state index in [1.165, 1.54) is 5.56 Å². The standard InChI is InChI=1S/C12H17N3O/c1-14-12(16)8-15-7-3-4-9-10(13)5-2-6-11(9)15/h2,5-6H,3-4,7-8,13H2,1H3,(H,14,16). The second-order valence-electron chi connectivity index (χ2n) is 4.04. The average Bonchev–Trinajstić information content (AvgIpc) is 2.30. The summed E-state index contributed by atoms with van der Waals surface area (Å²) in [5, 5.41) is 2.65. The molecule has 1 aromatic carbocycles. The highest BCUT2D eigenvalue weighted by Crippen LogP contribution is 2.30. The molecule has 0 atom stereocenters. The van der Waals surface area contributed by atoms with Gasteiger partial charge in [-0.1, -0.05) is 6.07 Å². The van der Waals surface area contributed by atoms with Crippen molar-refractivity contribution in [2.45, 2.75) is 12.8 Å². The number of nitrogen functional groups attached to an aromatic ring is 1. The number of likely N-dealkylation sites (N-methyl/N-ethyl adjacent to an activating group) is 1. The molecule has 16 heavy (non-hydrogen) atoms. The van der Waals surface area contributed by atoms with E-state index >= 15 is 0 Å². The van der Waals surface area contributed by atoms with E-state index in [9.17, 15) is 4.79 Å². The van der Waals surface area contributed by atoms with Crippen molar-refractivity contribution in [1.82, 2.24) is 5.32 Å². The van der Waals surface area contributed by atoms with Crippen molar-refractivity contribution >= 4 is 17.3 Å². The van der Waals surface area contributed by atoms with E-state index in [0.717, 1.165) is 30.8 Å². The van der Waals surface area contributed by atoms with Gasteiger partial charge in [0.25, 0.3) is 0 Å². The zero-order valence-corrected chi connectivity index (χ0v) is 9.49. The van der Waals surface area contributed by atoms with Crippen LogP contribution in [0.25, 0.3) is 0 Å². The lowest BCUT2D eigenvalue weighted by Crippen LogP contribution is -2.38. The highest BCUT2D eigenvalue weighted by molar-refractivity contribution is 5.82. The van der Waals surface area contributed by atoms with Crippen molar-refractivity contribution in [2.24, 2.45) is 0 Å². The molecule has 1 aromatic rings. The third kappa shape index (κ3) is 1.96. The highest BCUT2D eigenvalue weighted by Gasteiger charge is 2.19. The molecule has 0 radical (unpaired) electrons. The van der Waals surface area contributed by atoms with E-state index in [1.54, 1.807) is 7.05 Å². The minimum Gasteiger partial charge on any atom is -0.398 e. The van der Waals surface area contributed by atoms with Crippen molar-refractivity contribution < 1.29 is 4.79 Å². The summed E-state index contributed by atoms with van der Waals surface area (Å²) in [5.41, 5.74) is 9.06. The number of nitrogens with two attached hydrogens (primary N) is 1. The molecule has 0 aromatic heterocycles. The maximum absolute atomic E-state index is 11.4. The van der Waals surface area contributed by atoms with Crippen molar-refractivity contribution in [2.75, 3.05) is 30.8 Å². The van der Waals surface area contributed by atoms with Gasteiger partial charge in [0.15, 0.2) is 0 Å². The third-order valence-corrected chi connectivity index (χ3v) is 3.00. The summed E-state index contributed by atoms with van der Waals surface area (Å²) < 4.78 is 0. The number of hydrogen-bond acceptors (Lipinski definition) is 3. The van der Waals surface area contributed by atoms with Gasteiger partial charge in [0.1, 0.15) is 0 Å². The predicted octanol–water partition coefficient (Wildman–Crippen LogP) is 0.767. The van der Waals surface area contributed by atoms with Gasteiger partial charge >= 0.3 is 0 Å². The minimum atomic E-state index is 0.0373. The molecule has 1 aliphatic heterocycles. The molecule has 1 amide bonds. The topological polar surface area (TPSA) is 58.4 Å². The summed E-state index contributed by atoms with van der Waals surface area (Å²) in [6.07, 6.45) is 2.06. The molecule has 1 aliphatic rings. The monoisotopic (exact) mass is 219 g/mol. The van der Waals surface area contributed by atoms with E-state index in [4.69, 9.17) is 5.73 Å². The molecule has 0 saturated heterocycles. The molecule has 4 nitrogen and oxygen atoms in total. The molecule has 0 fully saturated rings. The second kappa shape index (κ2) is 4.43. The number of carbonyl (C=O) groups excluding carboxylic acids is 1. The van der Waals surface area contributed by atoms with Crippen LogP contribution in [0, 0.1) is 0 Å². The third-order valence-electron chi connectivity index (χ3n) is 3.00. The van der Waals surface area contributed by atoms with E-state index in [2.05, 4.69) is 10.2 Å². The van der Waals surface area contributed by atoms with E-state index in [0.29, 0.717) is 6.54 Å². The van der Waals surface area contributed by atoms with Gasteiger partial charge in [0.05, 0.1) is 6.54 Å². The summed E-state index contributed by atoms with van der Waals surface area (Å²) in [4.78, 5) is 13.5. The van der Waals surface area contributed by atoms with Crippen LogP contribution in [0.15, 0.2) is 18.2 Å². The Hall–Kier alpha value is -1.71. The van der Waals surface area contributed by atoms with Gasteiger partial charge in [0.2, 0.25) is 5.91 Å². The van der Waals surface area contributed by atoms with Crippen molar-refractivity contribution in [1.29, 1.82) is 0 Å². The normalized spacial score (nSPS) is 14.4. The minimum absolute atomic E-state index is 0.0373. The first-order chi connectivity index (χ1) is 7.72. The molecule has 0 bridgehead atoms. The number of benzene rings is 1. The van der Waals surface area contributed by atoms with Crippen LogP contribution in [0.5, 0.6) is 0 Å². The van der Waals surface area contributed by atoms with Gasteiger partial charge in [-0.3, -0.25) is 4.79 Å². The molecule has 4 heteroatoms. The van der Waals surface area contributed by atoms with Gasteiger partial charge < -0.3 is 16.0 Å². The van der Waals surface area contributed by atoms with Gasteiger partial charge in [-0.05, 0) is 30.5 Å². The average molecular weight is 219 g/mol. The van der Waals surface area contributed by atoms with Gasteiger partial charge in [0, 0.05) is 25.0 Å². The van der Waals surface area contributed by atoms with Crippen molar-refractivity contribution in [3.05, 3.63) is 23.8 Å². The van der Waals surface area contributed by atoms with Crippen LogP contribution in [-0.4, -0.2) is 26.0 Å².